The molecular weight excluding hydrogens is 282 g/mol. The highest BCUT2D eigenvalue weighted by molar-refractivity contribution is 9.10. The van der Waals surface area contributed by atoms with Gasteiger partial charge in [-0.25, -0.2) is 0 Å². The Morgan fingerprint density at radius 1 is 1.47 bits per heavy atom. The van der Waals surface area contributed by atoms with Gasteiger partial charge in [-0.3, -0.25) is 4.68 Å². The Balaban J connectivity index is 1.95. The molecule has 1 fully saturated rings. The van der Waals surface area contributed by atoms with Gasteiger partial charge >= 0.3 is 0 Å². The molecule has 17 heavy (non-hydrogen) atoms. The van der Waals surface area contributed by atoms with Crippen LogP contribution in [0.5, 0.6) is 0 Å². The molecule has 2 heterocycles. The zero-order chi connectivity index (χ0) is 12.3. The minimum atomic E-state index is 0.579. The van der Waals surface area contributed by atoms with Gasteiger partial charge in [0.15, 0.2) is 0 Å². The standard InChI is InChI=1S/C12H20BrN3O/c1-3-10-12(13)11(16(2)15-10)8-14-9-4-6-17-7-5-9/h9,14H,3-8H2,1-2H3. The van der Waals surface area contributed by atoms with Gasteiger partial charge < -0.3 is 10.1 Å². The maximum Gasteiger partial charge on any atom is 0.0767 e. The van der Waals surface area contributed by atoms with Crippen molar-refractivity contribution >= 4 is 15.9 Å². The van der Waals surface area contributed by atoms with Crippen molar-refractivity contribution in [3.63, 3.8) is 0 Å². The molecule has 4 nitrogen and oxygen atoms in total. The highest BCUT2D eigenvalue weighted by Crippen LogP contribution is 2.21. The van der Waals surface area contributed by atoms with Crippen molar-refractivity contribution in [3.05, 3.63) is 15.9 Å². The number of hydrogen-bond acceptors (Lipinski definition) is 3. The second-order valence-corrected chi connectivity index (χ2v) is 5.25. The van der Waals surface area contributed by atoms with Crippen LogP contribution in [-0.4, -0.2) is 29.0 Å². The summed E-state index contributed by atoms with van der Waals surface area (Å²) in [5.41, 5.74) is 2.37. The summed E-state index contributed by atoms with van der Waals surface area (Å²) in [6, 6.07) is 0.579. The van der Waals surface area contributed by atoms with E-state index in [2.05, 4.69) is 33.3 Å². The van der Waals surface area contributed by atoms with Gasteiger partial charge in [0.05, 0.1) is 15.9 Å². The Bertz CT molecular complexity index is 372. The Morgan fingerprint density at radius 2 is 2.18 bits per heavy atom. The number of rotatable bonds is 4. The first-order valence-corrected chi connectivity index (χ1v) is 7.03. The molecule has 0 amide bonds. The SMILES string of the molecule is CCc1nn(C)c(CNC2CCOCC2)c1Br. The third kappa shape index (κ3) is 3.09. The molecule has 0 bridgehead atoms. The summed E-state index contributed by atoms with van der Waals surface area (Å²) < 4.78 is 8.48. The van der Waals surface area contributed by atoms with Crippen molar-refractivity contribution in [3.8, 4) is 0 Å². The summed E-state index contributed by atoms with van der Waals surface area (Å²) in [6.07, 6.45) is 3.18. The first-order chi connectivity index (χ1) is 8.22. The number of ether oxygens (including phenoxy) is 1. The van der Waals surface area contributed by atoms with Gasteiger partial charge in [0.2, 0.25) is 0 Å². The number of nitrogens with one attached hydrogen (secondary N) is 1. The van der Waals surface area contributed by atoms with Crippen LogP contribution in [0.1, 0.15) is 31.2 Å². The molecule has 5 heteroatoms. The second-order valence-electron chi connectivity index (χ2n) is 4.45. The molecule has 0 atom stereocenters. The predicted molar refractivity (Wildman–Crippen MR) is 71.0 cm³/mol. The van der Waals surface area contributed by atoms with E-state index in [1.807, 2.05) is 11.7 Å². The zero-order valence-corrected chi connectivity index (χ0v) is 12.1. The quantitative estimate of drug-likeness (QED) is 0.925. The summed E-state index contributed by atoms with van der Waals surface area (Å²) >= 11 is 3.64. The van der Waals surface area contributed by atoms with Crippen molar-refractivity contribution in [2.45, 2.75) is 38.8 Å². The molecular formula is C12H20BrN3O. The highest BCUT2D eigenvalue weighted by atomic mass is 79.9. The van der Waals surface area contributed by atoms with E-state index < -0.39 is 0 Å². The molecule has 1 N–H and O–H groups in total. The fourth-order valence-electron chi connectivity index (χ4n) is 2.15. The Morgan fingerprint density at radius 3 is 2.76 bits per heavy atom. The normalized spacial score (nSPS) is 17.6. The van der Waals surface area contributed by atoms with E-state index in [1.165, 1.54) is 5.69 Å². The van der Waals surface area contributed by atoms with Gasteiger partial charge in [0, 0.05) is 32.8 Å². The van der Waals surface area contributed by atoms with E-state index in [9.17, 15) is 0 Å². The fourth-order valence-corrected chi connectivity index (χ4v) is 2.91. The third-order valence-corrected chi connectivity index (χ3v) is 4.20. The molecule has 1 saturated heterocycles. The monoisotopic (exact) mass is 301 g/mol. The van der Waals surface area contributed by atoms with Crippen LogP contribution in [0.15, 0.2) is 4.47 Å². The van der Waals surface area contributed by atoms with Crippen LogP contribution in [0, 0.1) is 0 Å². The van der Waals surface area contributed by atoms with Crippen LogP contribution in [0.3, 0.4) is 0 Å². The van der Waals surface area contributed by atoms with E-state index in [0.29, 0.717) is 6.04 Å². The molecule has 0 radical (unpaired) electrons. The van der Waals surface area contributed by atoms with Gasteiger partial charge in [0.1, 0.15) is 0 Å². The largest absolute Gasteiger partial charge is 0.381 e. The van der Waals surface area contributed by atoms with E-state index in [1.54, 1.807) is 0 Å². The average Bonchev–Trinajstić information content (AvgIpc) is 2.63. The maximum absolute atomic E-state index is 5.35. The van der Waals surface area contributed by atoms with Crippen molar-refractivity contribution in [1.29, 1.82) is 0 Å². The highest BCUT2D eigenvalue weighted by Gasteiger charge is 2.16. The first-order valence-electron chi connectivity index (χ1n) is 6.23. The second kappa shape index (κ2) is 5.98. The molecule has 1 aliphatic heterocycles. The van der Waals surface area contributed by atoms with E-state index >= 15 is 0 Å². The van der Waals surface area contributed by atoms with Crippen LogP contribution in [0.2, 0.25) is 0 Å². The lowest BCUT2D eigenvalue weighted by atomic mass is 10.1. The molecule has 0 spiro atoms. The lowest BCUT2D eigenvalue weighted by Crippen LogP contribution is -2.34. The molecule has 1 aliphatic rings. The molecule has 1 aromatic rings. The lowest BCUT2D eigenvalue weighted by Gasteiger charge is -2.23. The van der Waals surface area contributed by atoms with E-state index in [0.717, 1.165) is 49.2 Å². The van der Waals surface area contributed by atoms with Crippen LogP contribution in [0.25, 0.3) is 0 Å². The first kappa shape index (κ1) is 13.1. The van der Waals surface area contributed by atoms with Gasteiger partial charge in [0.25, 0.3) is 0 Å². The Hall–Kier alpha value is -0.390. The van der Waals surface area contributed by atoms with Crippen molar-refractivity contribution in [2.75, 3.05) is 13.2 Å². The lowest BCUT2D eigenvalue weighted by molar-refractivity contribution is 0.0774. The minimum absolute atomic E-state index is 0.579. The van der Waals surface area contributed by atoms with Crippen LogP contribution in [-0.2, 0) is 24.8 Å². The summed E-state index contributed by atoms with van der Waals surface area (Å²) in [5, 5.41) is 8.08. The van der Waals surface area contributed by atoms with Crippen molar-refractivity contribution in [2.24, 2.45) is 7.05 Å². The number of aryl methyl sites for hydroxylation is 2. The van der Waals surface area contributed by atoms with Crippen LogP contribution in [0.4, 0.5) is 0 Å². The maximum atomic E-state index is 5.35. The molecule has 0 saturated carbocycles. The Kier molecular flexibility index (Phi) is 4.59. The third-order valence-electron chi connectivity index (χ3n) is 3.28. The summed E-state index contributed by atoms with van der Waals surface area (Å²) in [6.45, 7) is 4.76. The average molecular weight is 302 g/mol. The Labute approximate surface area is 111 Å². The van der Waals surface area contributed by atoms with Gasteiger partial charge in [-0.15, -0.1) is 0 Å². The molecule has 0 aliphatic carbocycles. The number of nitrogens with zero attached hydrogens (tertiary/aromatic N) is 2. The van der Waals surface area contributed by atoms with Gasteiger partial charge in [-0.2, -0.15) is 5.10 Å². The van der Waals surface area contributed by atoms with Crippen molar-refractivity contribution < 1.29 is 4.74 Å². The number of hydrogen-bond donors (Lipinski definition) is 1. The fraction of sp³-hybridized carbons (Fsp3) is 0.750. The number of aromatic nitrogens is 2. The topological polar surface area (TPSA) is 39.1 Å². The summed E-state index contributed by atoms with van der Waals surface area (Å²) in [4.78, 5) is 0. The van der Waals surface area contributed by atoms with Gasteiger partial charge in [-0.05, 0) is 35.2 Å². The van der Waals surface area contributed by atoms with Crippen LogP contribution >= 0.6 is 15.9 Å². The predicted octanol–water partition coefficient (Wildman–Crippen LogP) is 2.01. The summed E-state index contributed by atoms with van der Waals surface area (Å²) in [7, 11) is 2.00. The molecule has 0 aromatic carbocycles. The summed E-state index contributed by atoms with van der Waals surface area (Å²) in [5.74, 6) is 0. The van der Waals surface area contributed by atoms with E-state index in [-0.39, 0.29) is 0 Å². The van der Waals surface area contributed by atoms with Gasteiger partial charge in [-0.1, -0.05) is 6.92 Å². The molecule has 0 unspecified atom stereocenters. The van der Waals surface area contributed by atoms with Crippen LogP contribution < -0.4 is 5.32 Å². The smallest absolute Gasteiger partial charge is 0.0767 e. The number of halogens is 1. The van der Waals surface area contributed by atoms with E-state index in [4.69, 9.17) is 4.74 Å². The molecule has 1 aromatic heterocycles. The molecule has 2 rings (SSSR count). The minimum Gasteiger partial charge on any atom is -0.381 e. The zero-order valence-electron chi connectivity index (χ0n) is 10.5. The van der Waals surface area contributed by atoms with Crippen molar-refractivity contribution in [1.82, 2.24) is 15.1 Å². The molecule has 96 valence electrons.